The standard InChI is InChI=1S/C11H18O3/c1-10-5-2-3-6-11(10,14-13)8-9(12)4-7-10/h3,6,9,12-13H,2,4-5,7-8H2,1H3/t9-,10-,11+/m0/s1. The predicted octanol–water partition coefficient (Wildman–Crippen LogP) is 2.12. The van der Waals surface area contributed by atoms with Gasteiger partial charge in [-0.3, -0.25) is 5.26 Å². The monoisotopic (exact) mass is 198 g/mol. The number of hydrogen-bond donors (Lipinski definition) is 2. The molecule has 0 spiro atoms. The molecule has 2 aliphatic carbocycles. The Morgan fingerprint density at radius 1 is 1.43 bits per heavy atom. The summed E-state index contributed by atoms with van der Waals surface area (Å²) in [7, 11) is 0. The Bertz CT molecular complexity index is 251. The van der Waals surface area contributed by atoms with E-state index < -0.39 is 5.60 Å². The first-order valence-corrected chi connectivity index (χ1v) is 5.30. The van der Waals surface area contributed by atoms with Crippen molar-refractivity contribution in [3.05, 3.63) is 12.2 Å². The van der Waals surface area contributed by atoms with Crippen molar-refractivity contribution in [3.63, 3.8) is 0 Å². The second-order valence-corrected chi connectivity index (χ2v) is 4.88. The fourth-order valence-electron chi connectivity index (χ4n) is 2.85. The smallest absolute Gasteiger partial charge is 0.129 e. The SMILES string of the molecule is C[C@@]12CCC=C[C@@]1(OO)C[C@@H](O)CC2. The Balaban J connectivity index is 2.33. The zero-order valence-corrected chi connectivity index (χ0v) is 8.57. The number of hydrogen-bond acceptors (Lipinski definition) is 3. The molecule has 0 aromatic rings. The summed E-state index contributed by atoms with van der Waals surface area (Å²) in [4.78, 5) is 4.71. The van der Waals surface area contributed by atoms with Crippen LogP contribution in [0.2, 0.25) is 0 Å². The maximum Gasteiger partial charge on any atom is 0.129 e. The Morgan fingerprint density at radius 2 is 2.21 bits per heavy atom. The average molecular weight is 198 g/mol. The first-order valence-electron chi connectivity index (χ1n) is 5.30. The molecule has 2 aliphatic rings. The molecule has 1 saturated carbocycles. The molecule has 3 atom stereocenters. The molecule has 0 saturated heterocycles. The lowest BCUT2D eigenvalue weighted by Crippen LogP contribution is -2.53. The van der Waals surface area contributed by atoms with E-state index >= 15 is 0 Å². The van der Waals surface area contributed by atoms with E-state index in [9.17, 15) is 5.11 Å². The molecule has 0 heterocycles. The maximum absolute atomic E-state index is 9.63. The van der Waals surface area contributed by atoms with E-state index in [1.165, 1.54) is 0 Å². The highest BCUT2D eigenvalue weighted by atomic mass is 17.1. The summed E-state index contributed by atoms with van der Waals surface area (Å²) >= 11 is 0. The molecule has 0 aromatic carbocycles. The number of rotatable bonds is 1. The lowest BCUT2D eigenvalue weighted by molar-refractivity contribution is -0.350. The number of fused-ring (bicyclic) bond motifs is 1. The Labute approximate surface area is 84.3 Å². The molecule has 3 nitrogen and oxygen atoms in total. The summed E-state index contributed by atoms with van der Waals surface area (Å²) in [6, 6.07) is 0. The van der Waals surface area contributed by atoms with Crippen LogP contribution in [0.15, 0.2) is 12.2 Å². The van der Waals surface area contributed by atoms with Gasteiger partial charge >= 0.3 is 0 Å². The number of allylic oxidation sites excluding steroid dienone is 1. The molecule has 14 heavy (non-hydrogen) atoms. The summed E-state index contributed by atoms with van der Waals surface area (Å²) in [6.45, 7) is 2.14. The topological polar surface area (TPSA) is 49.7 Å². The van der Waals surface area contributed by atoms with E-state index in [1.807, 2.05) is 12.2 Å². The second-order valence-electron chi connectivity index (χ2n) is 4.88. The van der Waals surface area contributed by atoms with Gasteiger partial charge in [-0.1, -0.05) is 19.1 Å². The highest BCUT2D eigenvalue weighted by Gasteiger charge is 2.52. The third-order valence-corrected chi connectivity index (χ3v) is 4.00. The minimum atomic E-state index is -0.650. The molecular formula is C11H18O3. The second kappa shape index (κ2) is 3.33. The first kappa shape index (κ1) is 10.1. The quantitative estimate of drug-likeness (QED) is 0.385. The van der Waals surface area contributed by atoms with Gasteiger partial charge in [-0.05, 0) is 25.7 Å². The average Bonchev–Trinajstić information content (AvgIpc) is 2.19. The van der Waals surface area contributed by atoms with Gasteiger partial charge in [-0.25, -0.2) is 4.89 Å². The lowest BCUT2D eigenvalue weighted by atomic mass is 9.59. The molecule has 0 amide bonds. The van der Waals surface area contributed by atoms with Crippen LogP contribution in [0.4, 0.5) is 0 Å². The van der Waals surface area contributed by atoms with Crippen molar-refractivity contribution in [2.75, 3.05) is 0 Å². The largest absolute Gasteiger partial charge is 0.393 e. The predicted molar refractivity (Wildman–Crippen MR) is 52.8 cm³/mol. The van der Waals surface area contributed by atoms with Gasteiger partial charge in [0.1, 0.15) is 5.60 Å². The Morgan fingerprint density at radius 3 is 2.93 bits per heavy atom. The zero-order valence-electron chi connectivity index (χ0n) is 8.57. The summed E-state index contributed by atoms with van der Waals surface area (Å²) in [6.07, 6.45) is 7.92. The van der Waals surface area contributed by atoms with E-state index in [-0.39, 0.29) is 11.5 Å². The van der Waals surface area contributed by atoms with Crippen molar-refractivity contribution in [2.45, 2.75) is 50.7 Å². The van der Waals surface area contributed by atoms with E-state index in [4.69, 9.17) is 10.1 Å². The molecule has 0 aliphatic heterocycles. The van der Waals surface area contributed by atoms with Gasteiger partial charge in [-0.2, -0.15) is 0 Å². The van der Waals surface area contributed by atoms with Crippen molar-refractivity contribution < 1.29 is 15.3 Å². The Hall–Kier alpha value is -0.380. The molecule has 0 unspecified atom stereocenters. The van der Waals surface area contributed by atoms with Crippen LogP contribution in [-0.2, 0) is 4.89 Å². The summed E-state index contributed by atoms with van der Waals surface area (Å²) in [5, 5.41) is 18.7. The molecule has 2 N–H and O–H groups in total. The van der Waals surface area contributed by atoms with Crippen LogP contribution in [0.5, 0.6) is 0 Å². The van der Waals surface area contributed by atoms with Gasteiger partial charge in [0.15, 0.2) is 0 Å². The molecular weight excluding hydrogens is 180 g/mol. The van der Waals surface area contributed by atoms with Gasteiger partial charge in [0.05, 0.1) is 6.10 Å². The molecule has 1 fully saturated rings. The number of aliphatic hydroxyl groups excluding tert-OH is 1. The zero-order chi connectivity index (χ0) is 10.2. The van der Waals surface area contributed by atoms with Gasteiger partial charge in [-0.15, -0.1) is 0 Å². The number of aliphatic hydroxyl groups is 1. The molecule has 2 rings (SSSR count). The van der Waals surface area contributed by atoms with Gasteiger partial charge in [0, 0.05) is 11.8 Å². The van der Waals surface area contributed by atoms with Crippen LogP contribution in [0, 0.1) is 5.41 Å². The molecule has 80 valence electrons. The summed E-state index contributed by atoms with van der Waals surface area (Å²) in [5.41, 5.74) is -0.668. The molecule has 0 aromatic heterocycles. The molecule has 0 radical (unpaired) electrons. The molecule has 0 bridgehead atoms. The van der Waals surface area contributed by atoms with Crippen molar-refractivity contribution in [1.29, 1.82) is 0 Å². The third-order valence-electron chi connectivity index (χ3n) is 4.00. The third kappa shape index (κ3) is 1.31. The van der Waals surface area contributed by atoms with Crippen LogP contribution >= 0.6 is 0 Å². The fraction of sp³-hybridized carbons (Fsp3) is 0.818. The fourth-order valence-corrected chi connectivity index (χ4v) is 2.85. The van der Waals surface area contributed by atoms with Gasteiger partial charge < -0.3 is 5.11 Å². The minimum absolute atomic E-state index is 0.0181. The maximum atomic E-state index is 9.63. The van der Waals surface area contributed by atoms with Crippen molar-refractivity contribution >= 4 is 0 Å². The highest BCUT2D eigenvalue weighted by Crippen LogP contribution is 2.52. The van der Waals surface area contributed by atoms with Gasteiger partial charge in [0.25, 0.3) is 0 Å². The molecule has 3 heteroatoms. The lowest BCUT2D eigenvalue weighted by Gasteiger charge is -2.51. The van der Waals surface area contributed by atoms with E-state index in [0.29, 0.717) is 6.42 Å². The van der Waals surface area contributed by atoms with Crippen molar-refractivity contribution in [2.24, 2.45) is 5.41 Å². The van der Waals surface area contributed by atoms with Crippen LogP contribution < -0.4 is 0 Å². The van der Waals surface area contributed by atoms with Crippen LogP contribution in [0.1, 0.15) is 39.0 Å². The van der Waals surface area contributed by atoms with E-state index in [1.54, 1.807) is 0 Å². The van der Waals surface area contributed by atoms with Crippen molar-refractivity contribution in [3.8, 4) is 0 Å². The summed E-state index contributed by atoms with van der Waals surface area (Å²) < 4.78 is 0. The van der Waals surface area contributed by atoms with E-state index in [2.05, 4.69) is 6.92 Å². The van der Waals surface area contributed by atoms with Gasteiger partial charge in [0.2, 0.25) is 0 Å². The minimum Gasteiger partial charge on any atom is -0.393 e. The normalized spacial score (nSPS) is 47.5. The van der Waals surface area contributed by atoms with Crippen LogP contribution in [0.25, 0.3) is 0 Å². The van der Waals surface area contributed by atoms with Crippen molar-refractivity contribution in [1.82, 2.24) is 0 Å². The van der Waals surface area contributed by atoms with E-state index in [0.717, 1.165) is 25.7 Å². The summed E-state index contributed by atoms with van der Waals surface area (Å²) in [5.74, 6) is 0. The first-order chi connectivity index (χ1) is 6.62. The Kier molecular flexibility index (Phi) is 2.41. The van der Waals surface area contributed by atoms with Crippen LogP contribution in [-0.4, -0.2) is 22.1 Å². The van der Waals surface area contributed by atoms with Crippen LogP contribution in [0.3, 0.4) is 0 Å². The highest BCUT2D eigenvalue weighted by molar-refractivity contribution is 5.17.